The van der Waals surface area contributed by atoms with Crippen LogP contribution in [0.5, 0.6) is 0 Å². The van der Waals surface area contributed by atoms with Crippen molar-refractivity contribution in [2.75, 3.05) is 29.1 Å². The minimum absolute atomic E-state index is 0.288. The predicted octanol–water partition coefficient (Wildman–Crippen LogP) is 2.22. The van der Waals surface area contributed by atoms with Gasteiger partial charge in [-0.05, 0) is 49.2 Å². The van der Waals surface area contributed by atoms with E-state index < -0.39 is 22.1 Å². The lowest BCUT2D eigenvalue weighted by Crippen LogP contribution is -2.37. The first-order chi connectivity index (χ1) is 13.2. The van der Waals surface area contributed by atoms with Crippen LogP contribution in [0.2, 0.25) is 0 Å². The molecule has 0 bridgehead atoms. The second-order valence-corrected chi connectivity index (χ2v) is 8.62. The Morgan fingerprint density at radius 3 is 2.46 bits per heavy atom. The maximum absolute atomic E-state index is 12.5. The van der Waals surface area contributed by atoms with E-state index in [0.29, 0.717) is 24.3 Å². The van der Waals surface area contributed by atoms with Crippen LogP contribution in [0, 0.1) is 0 Å². The van der Waals surface area contributed by atoms with Gasteiger partial charge in [0.2, 0.25) is 10.0 Å². The molecule has 1 amide bonds. The number of rotatable bonds is 5. The summed E-state index contributed by atoms with van der Waals surface area (Å²) in [7, 11) is -1.73. The monoisotopic (exact) mass is 402 g/mol. The first-order valence-electron chi connectivity index (χ1n) is 8.82. The van der Waals surface area contributed by atoms with E-state index in [1.54, 1.807) is 31.3 Å². The number of fused-ring (bicyclic) bond motifs is 1. The zero-order valence-corrected chi connectivity index (χ0v) is 16.8. The second-order valence-electron chi connectivity index (χ2n) is 6.71. The fourth-order valence-electron chi connectivity index (χ4n) is 3.17. The van der Waals surface area contributed by atoms with Crippen LogP contribution < -0.4 is 9.21 Å². The Labute approximate surface area is 164 Å². The summed E-state index contributed by atoms with van der Waals surface area (Å²) in [6.45, 7) is 1.88. The first-order valence-corrected chi connectivity index (χ1v) is 10.7. The second kappa shape index (κ2) is 7.63. The van der Waals surface area contributed by atoms with Crippen molar-refractivity contribution >= 4 is 33.3 Å². The van der Waals surface area contributed by atoms with Crippen LogP contribution in [0.3, 0.4) is 0 Å². The molecule has 2 aromatic carbocycles. The summed E-state index contributed by atoms with van der Waals surface area (Å²) in [4.78, 5) is 26.4. The van der Waals surface area contributed by atoms with E-state index in [1.165, 1.54) is 22.2 Å². The number of sulfonamides is 1. The van der Waals surface area contributed by atoms with Gasteiger partial charge in [0.1, 0.15) is 0 Å². The lowest BCUT2D eigenvalue weighted by atomic mass is 10.1. The Hall–Kier alpha value is -2.87. The third-order valence-electron chi connectivity index (χ3n) is 4.67. The number of para-hydroxylation sites is 1. The highest BCUT2D eigenvalue weighted by atomic mass is 32.2. The van der Waals surface area contributed by atoms with Gasteiger partial charge in [0.25, 0.3) is 5.91 Å². The molecule has 2 aromatic rings. The number of anilines is 2. The molecule has 0 aromatic heterocycles. The SMILES string of the molecule is C[C@H](OC(=O)c1ccc2c(c1)CCN2S(C)(=O)=O)C(=O)N(C)c1ccccc1. The van der Waals surface area contributed by atoms with Gasteiger partial charge >= 0.3 is 5.97 Å². The number of benzene rings is 2. The van der Waals surface area contributed by atoms with E-state index in [2.05, 4.69) is 0 Å². The highest BCUT2D eigenvalue weighted by molar-refractivity contribution is 7.92. The topological polar surface area (TPSA) is 84.0 Å². The standard InChI is InChI=1S/C20H22N2O5S/c1-14(19(23)21(2)17-7-5-4-6-8-17)27-20(24)16-9-10-18-15(13-16)11-12-22(18)28(3,25)26/h4-10,13-14H,11-12H2,1-3H3/t14-/m0/s1. The molecule has 0 spiro atoms. The van der Waals surface area contributed by atoms with Gasteiger partial charge in [-0.3, -0.25) is 9.10 Å². The molecular weight excluding hydrogens is 380 g/mol. The van der Waals surface area contributed by atoms with Gasteiger partial charge in [0, 0.05) is 19.3 Å². The summed E-state index contributed by atoms with van der Waals surface area (Å²) < 4.78 is 30.3. The van der Waals surface area contributed by atoms with Gasteiger partial charge in [-0.2, -0.15) is 0 Å². The van der Waals surface area contributed by atoms with Gasteiger partial charge in [0.05, 0.1) is 17.5 Å². The fourth-order valence-corrected chi connectivity index (χ4v) is 4.13. The Kier molecular flexibility index (Phi) is 5.42. The number of hydrogen-bond acceptors (Lipinski definition) is 5. The molecule has 7 nitrogen and oxygen atoms in total. The average molecular weight is 402 g/mol. The Morgan fingerprint density at radius 1 is 1.14 bits per heavy atom. The van der Waals surface area contributed by atoms with E-state index >= 15 is 0 Å². The molecule has 148 valence electrons. The average Bonchev–Trinajstić information content (AvgIpc) is 3.11. The fraction of sp³-hybridized carbons (Fsp3) is 0.300. The van der Waals surface area contributed by atoms with Crippen LogP contribution in [0.4, 0.5) is 11.4 Å². The molecule has 1 heterocycles. The maximum atomic E-state index is 12.5. The third-order valence-corrected chi connectivity index (χ3v) is 5.85. The molecule has 0 radical (unpaired) electrons. The van der Waals surface area contributed by atoms with Crippen LogP contribution in [-0.4, -0.2) is 46.2 Å². The van der Waals surface area contributed by atoms with E-state index in [4.69, 9.17) is 4.74 Å². The van der Waals surface area contributed by atoms with Gasteiger partial charge in [-0.25, -0.2) is 13.2 Å². The predicted molar refractivity (Wildman–Crippen MR) is 107 cm³/mol. The lowest BCUT2D eigenvalue weighted by Gasteiger charge is -2.21. The van der Waals surface area contributed by atoms with Gasteiger partial charge in [-0.1, -0.05) is 18.2 Å². The number of nitrogens with zero attached hydrogens (tertiary/aromatic N) is 2. The number of likely N-dealkylation sites (N-methyl/N-ethyl adjacent to an activating group) is 1. The van der Waals surface area contributed by atoms with E-state index in [0.717, 1.165) is 11.8 Å². The van der Waals surface area contributed by atoms with Crippen molar-refractivity contribution in [2.45, 2.75) is 19.4 Å². The largest absolute Gasteiger partial charge is 0.449 e. The minimum Gasteiger partial charge on any atom is -0.449 e. The van der Waals surface area contributed by atoms with Crippen molar-refractivity contribution in [1.29, 1.82) is 0 Å². The summed E-state index contributed by atoms with van der Waals surface area (Å²) in [6, 6.07) is 13.8. The van der Waals surface area contributed by atoms with Crippen molar-refractivity contribution in [3.05, 3.63) is 59.7 Å². The molecule has 0 aliphatic carbocycles. The van der Waals surface area contributed by atoms with Crippen molar-refractivity contribution in [3.8, 4) is 0 Å². The van der Waals surface area contributed by atoms with Crippen molar-refractivity contribution in [2.24, 2.45) is 0 Å². The molecule has 0 fully saturated rings. The Balaban J connectivity index is 1.71. The van der Waals surface area contributed by atoms with Gasteiger partial charge in [0.15, 0.2) is 6.10 Å². The van der Waals surface area contributed by atoms with Crippen LogP contribution in [0.15, 0.2) is 48.5 Å². The molecule has 1 aliphatic heterocycles. The highest BCUT2D eigenvalue weighted by Gasteiger charge is 2.28. The van der Waals surface area contributed by atoms with Crippen molar-refractivity contribution < 1.29 is 22.7 Å². The highest BCUT2D eigenvalue weighted by Crippen LogP contribution is 2.31. The number of carbonyl (C=O) groups is 2. The molecule has 3 rings (SSSR count). The molecule has 0 saturated carbocycles. The van der Waals surface area contributed by atoms with Crippen molar-refractivity contribution in [3.63, 3.8) is 0 Å². The number of carbonyl (C=O) groups excluding carboxylic acids is 2. The minimum atomic E-state index is -3.35. The Bertz CT molecular complexity index is 1000. The van der Waals surface area contributed by atoms with Crippen LogP contribution >= 0.6 is 0 Å². The zero-order chi connectivity index (χ0) is 20.5. The molecule has 0 N–H and O–H groups in total. The molecule has 1 aliphatic rings. The lowest BCUT2D eigenvalue weighted by molar-refractivity contribution is -0.126. The van der Waals surface area contributed by atoms with Gasteiger partial charge in [-0.15, -0.1) is 0 Å². The summed E-state index contributed by atoms with van der Waals surface area (Å²) in [5.74, 6) is -0.966. The van der Waals surface area contributed by atoms with E-state index in [1.807, 2.05) is 18.2 Å². The molecule has 1 atom stereocenters. The molecule has 0 saturated heterocycles. The Morgan fingerprint density at radius 2 is 1.82 bits per heavy atom. The summed E-state index contributed by atoms with van der Waals surface area (Å²) in [6.07, 6.45) is 0.716. The van der Waals surface area contributed by atoms with Gasteiger partial charge < -0.3 is 9.64 Å². The summed E-state index contributed by atoms with van der Waals surface area (Å²) in [5.41, 5.74) is 2.33. The molecular formula is C20H22N2O5S. The molecule has 0 unspecified atom stereocenters. The maximum Gasteiger partial charge on any atom is 0.338 e. The quantitative estimate of drug-likeness (QED) is 0.716. The van der Waals surface area contributed by atoms with E-state index in [-0.39, 0.29) is 11.5 Å². The van der Waals surface area contributed by atoms with E-state index in [9.17, 15) is 18.0 Å². The third kappa shape index (κ3) is 4.01. The summed E-state index contributed by atoms with van der Waals surface area (Å²) >= 11 is 0. The normalized spacial score (nSPS) is 14.3. The summed E-state index contributed by atoms with van der Waals surface area (Å²) in [5, 5.41) is 0. The number of amides is 1. The number of esters is 1. The molecule has 8 heteroatoms. The van der Waals surface area contributed by atoms with Crippen LogP contribution in [0.25, 0.3) is 0 Å². The number of hydrogen-bond donors (Lipinski definition) is 0. The van der Waals surface area contributed by atoms with Crippen LogP contribution in [-0.2, 0) is 26.0 Å². The smallest absolute Gasteiger partial charge is 0.338 e. The zero-order valence-electron chi connectivity index (χ0n) is 16.0. The van der Waals surface area contributed by atoms with Crippen LogP contribution in [0.1, 0.15) is 22.8 Å². The number of ether oxygens (including phenoxy) is 1. The first kappa shape index (κ1) is 19.9. The molecule has 28 heavy (non-hydrogen) atoms. The van der Waals surface area contributed by atoms with Crippen molar-refractivity contribution in [1.82, 2.24) is 0 Å².